The fourth-order valence-corrected chi connectivity index (χ4v) is 2.20. The largest absolute Gasteiger partial charge is 0.326 e. The summed E-state index contributed by atoms with van der Waals surface area (Å²) >= 11 is 0. The van der Waals surface area contributed by atoms with Crippen molar-refractivity contribution in [1.82, 2.24) is 0 Å². The maximum atomic E-state index is 5.82. The highest BCUT2D eigenvalue weighted by Crippen LogP contribution is 2.24. The summed E-state index contributed by atoms with van der Waals surface area (Å²) in [6.07, 6.45) is 6.11. The van der Waals surface area contributed by atoms with Gasteiger partial charge in [-0.25, -0.2) is 0 Å². The van der Waals surface area contributed by atoms with Crippen molar-refractivity contribution in [2.45, 2.75) is 98.6 Å². The van der Waals surface area contributed by atoms with Crippen LogP contribution in [-0.4, -0.2) is 11.1 Å². The van der Waals surface area contributed by atoms with Crippen LogP contribution in [0.5, 0.6) is 0 Å². The zero-order chi connectivity index (χ0) is 15.0. The van der Waals surface area contributed by atoms with Gasteiger partial charge in [0.2, 0.25) is 0 Å². The van der Waals surface area contributed by atoms with Gasteiger partial charge in [0, 0.05) is 11.1 Å². The van der Waals surface area contributed by atoms with E-state index in [0.29, 0.717) is 5.41 Å². The molecule has 2 heteroatoms. The Hall–Kier alpha value is -0.0800. The van der Waals surface area contributed by atoms with Gasteiger partial charge < -0.3 is 11.5 Å². The van der Waals surface area contributed by atoms with E-state index in [1.165, 1.54) is 19.3 Å². The van der Waals surface area contributed by atoms with Crippen molar-refractivity contribution in [3.8, 4) is 0 Å². The lowest BCUT2D eigenvalue weighted by Crippen LogP contribution is -2.36. The van der Waals surface area contributed by atoms with Crippen molar-refractivity contribution in [3.63, 3.8) is 0 Å². The molecule has 0 aliphatic heterocycles. The normalized spacial score (nSPS) is 13.0. The van der Waals surface area contributed by atoms with E-state index in [1.54, 1.807) is 0 Å². The quantitative estimate of drug-likeness (QED) is 0.715. The summed E-state index contributed by atoms with van der Waals surface area (Å²) in [5.74, 6) is 0. The van der Waals surface area contributed by atoms with Crippen molar-refractivity contribution in [1.29, 1.82) is 0 Å². The van der Waals surface area contributed by atoms with Gasteiger partial charge in [-0.2, -0.15) is 0 Å². The van der Waals surface area contributed by atoms with E-state index in [4.69, 9.17) is 11.5 Å². The maximum Gasteiger partial charge on any atom is 0.0102 e. The summed E-state index contributed by atoms with van der Waals surface area (Å²) in [6.45, 7) is 17.1. The zero-order valence-corrected chi connectivity index (χ0v) is 14.2. The Morgan fingerprint density at radius 2 is 1.17 bits per heavy atom. The van der Waals surface area contributed by atoms with Crippen LogP contribution in [0.25, 0.3) is 0 Å². The Morgan fingerprint density at radius 3 is 1.33 bits per heavy atom. The average Bonchev–Trinajstić information content (AvgIpc) is 1.95. The van der Waals surface area contributed by atoms with Gasteiger partial charge in [0.15, 0.2) is 0 Å². The third-order valence-electron chi connectivity index (χ3n) is 2.41. The summed E-state index contributed by atoms with van der Waals surface area (Å²) in [5, 5.41) is 0. The molecule has 0 spiro atoms. The van der Waals surface area contributed by atoms with Crippen molar-refractivity contribution in [2.75, 3.05) is 0 Å². The lowest BCUT2D eigenvalue weighted by atomic mass is 9.82. The van der Waals surface area contributed by atoms with Crippen molar-refractivity contribution in [2.24, 2.45) is 16.9 Å². The van der Waals surface area contributed by atoms with Crippen LogP contribution >= 0.6 is 0 Å². The van der Waals surface area contributed by atoms with Crippen LogP contribution < -0.4 is 11.5 Å². The van der Waals surface area contributed by atoms with Crippen LogP contribution in [0.15, 0.2) is 0 Å². The Balaban J connectivity index is 0. The van der Waals surface area contributed by atoms with E-state index in [1.807, 2.05) is 0 Å². The van der Waals surface area contributed by atoms with Crippen LogP contribution in [0.1, 0.15) is 87.5 Å². The third-order valence-corrected chi connectivity index (χ3v) is 2.41. The molecule has 0 heterocycles. The molecule has 0 rings (SSSR count). The second kappa shape index (κ2) is 8.16. The molecule has 0 fully saturated rings. The highest BCUT2D eigenvalue weighted by atomic mass is 14.7. The molecule has 2 nitrogen and oxygen atoms in total. The Bertz CT molecular complexity index is 177. The molecule has 0 atom stereocenters. The van der Waals surface area contributed by atoms with Crippen LogP contribution in [0.2, 0.25) is 0 Å². The van der Waals surface area contributed by atoms with Crippen molar-refractivity contribution in [3.05, 3.63) is 0 Å². The molecule has 112 valence electrons. The first-order valence-electron chi connectivity index (χ1n) is 7.35. The topological polar surface area (TPSA) is 52.0 Å². The van der Waals surface area contributed by atoms with E-state index in [9.17, 15) is 0 Å². The molecular formula is C16H38N2. The molecule has 0 aliphatic rings. The molecule has 0 aliphatic carbocycles. The predicted octanol–water partition coefficient (Wildman–Crippen LogP) is 4.46. The number of nitrogens with two attached hydrogens (primary N) is 2. The highest BCUT2D eigenvalue weighted by Gasteiger charge is 2.20. The van der Waals surface area contributed by atoms with Gasteiger partial charge in [-0.3, -0.25) is 0 Å². The zero-order valence-electron chi connectivity index (χ0n) is 14.2. The minimum absolute atomic E-state index is 0.0156. The molecule has 18 heavy (non-hydrogen) atoms. The fraction of sp³-hybridized carbons (Fsp3) is 1.00. The van der Waals surface area contributed by atoms with Gasteiger partial charge in [-0.1, -0.05) is 47.0 Å². The Labute approximate surface area is 116 Å². The van der Waals surface area contributed by atoms with Gasteiger partial charge in [-0.15, -0.1) is 0 Å². The van der Waals surface area contributed by atoms with Crippen LogP contribution in [-0.2, 0) is 0 Å². The first-order chi connectivity index (χ1) is 7.77. The average molecular weight is 258 g/mol. The first-order valence-corrected chi connectivity index (χ1v) is 7.35. The van der Waals surface area contributed by atoms with E-state index in [-0.39, 0.29) is 11.1 Å². The second-order valence-corrected chi connectivity index (χ2v) is 8.17. The molecule has 0 saturated heterocycles. The van der Waals surface area contributed by atoms with Crippen molar-refractivity contribution >= 4 is 0 Å². The SMILES string of the molecule is CC(C)(C)CC(C)(C)N.CCCCCC(C)(C)N. The van der Waals surface area contributed by atoms with Crippen LogP contribution in [0, 0.1) is 5.41 Å². The standard InChI is InChI=1S/2C8H19N/c1-7(2,3)6-8(4,5)9;1-4-5-6-7-8(2,3)9/h6,9H2,1-5H3;4-7,9H2,1-3H3. The molecule has 0 unspecified atom stereocenters. The van der Waals surface area contributed by atoms with Gasteiger partial charge in [0.05, 0.1) is 0 Å². The number of hydrogen-bond donors (Lipinski definition) is 2. The molecule has 0 amide bonds. The number of unbranched alkanes of at least 4 members (excludes halogenated alkanes) is 2. The second-order valence-electron chi connectivity index (χ2n) is 8.17. The van der Waals surface area contributed by atoms with Gasteiger partial charge in [0.25, 0.3) is 0 Å². The Morgan fingerprint density at radius 1 is 0.722 bits per heavy atom. The first kappa shape index (κ1) is 20.2. The van der Waals surface area contributed by atoms with E-state index < -0.39 is 0 Å². The summed E-state index contributed by atoms with van der Waals surface area (Å²) in [6, 6.07) is 0. The molecule has 0 radical (unpaired) electrons. The minimum atomic E-state index is -0.0156. The summed E-state index contributed by atoms with van der Waals surface area (Å²) in [5.41, 5.74) is 12.0. The number of rotatable bonds is 5. The van der Waals surface area contributed by atoms with E-state index in [2.05, 4.69) is 55.4 Å². The molecular weight excluding hydrogens is 220 g/mol. The smallest absolute Gasteiger partial charge is 0.0102 e. The molecule has 0 bridgehead atoms. The van der Waals surface area contributed by atoms with Crippen LogP contribution in [0.3, 0.4) is 0 Å². The Kier molecular flexibility index (Phi) is 9.18. The van der Waals surface area contributed by atoms with Crippen molar-refractivity contribution < 1.29 is 0 Å². The lowest BCUT2D eigenvalue weighted by molar-refractivity contribution is 0.286. The molecule has 0 aromatic rings. The molecule has 0 aromatic carbocycles. The monoisotopic (exact) mass is 258 g/mol. The van der Waals surface area contributed by atoms with E-state index >= 15 is 0 Å². The van der Waals surface area contributed by atoms with E-state index in [0.717, 1.165) is 12.8 Å². The van der Waals surface area contributed by atoms with Gasteiger partial charge in [0.1, 0.15) is 0 Å². The molecule has 0 aromatic heterocycles. The fourth-order valence-electron chi connectivity index (χ4n) is 2.20. The maximum absolute atomic E-state index is 5.82. The van der Waals surface area contributed by atoms with Gasteiger partial charge >= 0.3 is 0 Å². The van der Waals surface area contributed by atoms with Gasteiger partial charge in [-0.05, 0) is 46.0 Å². The third kappa shape index (κ3) is 24.9. The minimum Gasteiger partial charge on any atom is -0.326 e. The summed E-state index contributed by atoms with van der Waals surface area (Å²) in [4.78, 5) is 0. The summed E-state index contributed by atoms with van der Waals surface area (Å²) < 4.78 is 0. The highest BCUT2D eigenvalue weighted by molar-refractivity contribution is 4.78. The molecule has 0 saturated carbocycles. The van der Waals surface area contributed by atoms with Crippen LogP contribution in [0.4, 0.5) is 0 Å². The predicted molar refractivity (Wildman–Crippen MR) is 84.7 cm³/mol. The number of hydrogen-bond acceptors (Lipinski definition) is 2. The summed E-state index contributed by atoms with van der Waals surface area (Å²) in [7, 11) is 0. The molecule has 4 N–H and O–H groups in total. The lowest BCUT2D eigenvalue weighted by Gasteiger charge is -2.28.